The van der Waals surface area contributed by atoms with Gasteiger partial charge in [0.05, 0.1) is 16.6 Å². The van der Waals surface area contributed by atoms with Crippen molar-refractivity contribution in [3.05, 3.63) is 11.6 Å². The Hall–Kier alpha value is -1.81. The van der Waals surface area contributed by atoms with Crippen LogP contribution in [0.3, 0.4) is 0 Å². The fourth-order valence-corrected chi connectivity index (χ4v) is 9.09. The average molecular weight is 477 g/mol. The van der Waals surface area contributed by atoms with E-state index in [1.807, 2.05) is 34.6 Å². The van der Waals surface area contributed by atoms with Crippen LogP contribution in [0.25, 0.3) is 0 Å². The molecule has 2 N–H and O–H groups in total. The number of ether oxygens (including phenoxy) is 4. The molecule has 186 valence electrons. The molecule has 2 aliphatic carbocycles. The summed E-state index contributed by atoms with van der Waals surface area (Å²) in [5.41, 5.74) is -4.65. The molecule has 9 heteroatoms. The Morgan fingerprint density at radius 1 is 0.971 bits per heavy atom. The summed E-state index contributed by atoms with van der Waals surface area (Å²) in [5.74, 6) is -3.44. The number of hydrogen-bond acceptors (Lipinski definition) is 9. The van der Waals surface area contributed by atoms with Crippen molar-refractivity contribution in [3.63, 3.8) is 0 Å². The molecule has 0 amide bonds. The first-order chi connectivity index (χ1) is 15.6. The number of epoxide rings is 1. The minimum atomic E-state index is -1.49. The normalized spacial score (nSPS) is 57.0. The Morgan fingerprint density at radius 3 is 2.26 bits per heavy atom. The third-order valence-electron chi connectivity index (χ3n) is 10.7. The standard InChI is InChI=1S/C25H32O9/c1-20(2)13-10-14(26)23(5)12(22(13,4)24(6,30)34-20)7-8-21(3)16(11-9-15(27)31-18(11)28)32-19(29)17-25(21,23)33-17/h9,12-13,15-17,27,30H,7-8,10H2,1-6H3/t12-,13+,15-,16+,17-,21+,22-,23+,24+,25-/m0/s1. The van der Waals surface area contributed by atoms with E-state index in [1.54, 1.807) is 6.92 Å². The van der Waals surface area contributed by atoms with E-state index < -0.39 is 63.7 Å². The molecule has 6 aliphatic rings. The van der Waals surface area contributed by atoms with Crippen LogP contribution >= 0.6 is 0 Å². The first kappa shape index (κ1) is 22.6. The van der Waals surface area contributed by atoms with Gasteiger partial charge in [-0.1, -0.05) is 13.8 Å². The molecule has 9 nitrogen and oxygen atoms in total. The molecule has 0 unspecified atom stereocenters. The summed E-state index contributed by atoms with van der Waals surface area (Å²) in [5, 5.41) is 21.4. The van der Waals surface area contributed by atoms with Crippen LogP contribution < -0.4 is 0 Å². The number of aliphatic hydroxyl groups is 2. The van der Waals surface area contributed by atoms with Gasteiger partial charge in [-0.2, -0.15) is 0 Å². The van der Waals surface area contributed by atoms with Gasteiger partial charge in [0.15, 0.2) is 11.9 Å². The molecule has 1 spiro atoms. The summed E-state index contributed by atoms with van der Waals surface area (Å²) in [6.07, 6.45) is -0.898. The van der Waals surface area contributed by atoms with Crippen LogP contribution in [-0.2, 0) is 33.3 Å². The van der Waals surface area contributed by atoms with Crippen LogP contribution in [0.1, 0.15) is 60.8 Å². The fraction of sp³-hybridized carbons (Fsp3) is 0.800. The molecule has 0 aromatic rings. The lowest BCUT2D eigenvalue weighted by molar-refractivity contribution is -0.271. The van der Waals surface area contributed by atoms with E-state index in [1.165, 1.54) is 6.08 Å². The number of fused-ring (bicyclic) bond motifs is 3. The van der Waals surface area contributed by atoms with Crippen LogP contribution in [0.4, 0.5) is 0 Å². The van der Waals surface area contributed by atoms with Gasteiger partial charge in [-0.15, -0.1) is 0 Å². The molecule has 0 aromatic heterocycles. The summed E-state index contributed by atoms with van der Waals surface area (Å²) in [6, 6.07) is 0. The SMILES string of the molecule is CC1(C)O[C@@](C)(O)[C@]2(C)[C@@H]1CC(=O)[C@@]1(C)[C@H]2CC[C@]2(C)[C@@H](C3=C[C@@H](O)OC3=O)OC(=O)[C@@H]3O[C@]312. The van der Waals surface area contributed by atoms with Gasteiger partial charge in [0.1, 0.15) is 17.5 Å². The smallest absolute Gasteiger partial charge is 0.340 e. The molecule has 3 saturated heterocycles. The maximum absolute atomic E-state index is 14.1. The van der Waals surface area contributed by atoms with Crippen molar-refractivity contribution < 1.29 is 43.5 Å². The molecule has 2 saturated carbocycles. The summed E-state index contributed by atoms with van der Waals surface area (Å²) >= 11 is 0. The second-order valence-electron chi connectivity index (χ2n) is 12.3. The van der Waals surface area contributed by atoms with Crippen molar-refractivity contribution >= 4 is 17.7 Å². The lowest BCUT2D eigenvalue weighted by Crippen LogP contribution is -2.73. The summed E-state index contributed by atoms with van der Waals surface area (Å²) in [6.45, 7) is 11.2. The molecule has 0 aromatic carbocycles. The van der Waals surface area contributed by atoms with Gasteiger partial charge in [-0.05, 0) is 52.5 Å². The van der Waals surface area contributed by atoms with Gasteiger partial charge in [0, 0.05) is 23.2 Å². The van der Waals surface area contributed by atoms with Gasteiger partial charge in [0.2, 0.25) is 6.29 Å². The van der Waals surface area contributed by atoms with Crippen molar-refractivity contribution in [1.29, 1.82) is 0 Å². The maximum Gasteiger partial charge on any atom is 0.340 e. The molecule has 0 radical (unpaired) electrons. The monoisotopic (exact) mass is 476 g/mol. The Morgan fingerprint density at radius 2 is 1.65 bits per heavy atom. The largest absolute Gasteiger partial charge is 0.454 e. The Kier molecular flexibility index (Phi) is 3.95. The highest BCUT2D eigenvalue weighted by Gasteiger charge is 2.90. The quantitative estimate of drug-likeness (QED) is 0.425. The van der Waals surface area contributed by atoms with Crippen LogP contribution in [-0.4, -0.2) is 63.4 Å². The number of ketones is 1. The van der Waals surface area contributed by atoms with E-state index in [4.69, 9.17) is 18.9 Å². The summed E-state index contributed by atoms with van der Waals surface area (Å²) < 4.78 is 23.0. The number of cyclic esters (lactones) is 2. The fourth-order valence-electron chi connectivity index (χ4n) is 9.09. The Bertz CT molecular complexity index is 1080. The topological polar surface area (TPSA) is 132 Å². The lowest BCUT2D eigenvalue weighted by atomic mass is 9.37. The Labute approximate surface area is 197 Å². The summed E-state index contributed by atoms with van der Waals surface area (Å²) in [4.78, 5) is 39.7. The van der Waals surface area contributed by atoms with Crippen LogP contribution in [0.15, 0.2) is 11.6 Å². The number of rotatable bonds is 1. The van der Waals surface area contributed by atoms with Gasteiger partial charge >= 0.3 is 11.9 Å². The van der Waals surface area contributed by atoms with Crippen LogP contribution in [0, 0.1) is 28.1 Å². The van der Waals surface area contributed by atoms with E-state index in [0.29, 0.717) is 12.8 Å². The van der Waals surface area contributed by atoms with Gasteiger partial charge < -0.3 is 29.2 Å². The second-order valence-corrected chi connectivity index (χ2v) is 12.3. The minimum Gasteiger partial charge on any atom is -0.454 e. The third-order valence-corrected chi connectivity index (χ3v) is 10.7. The van der Waals surface area contributed by atoms with E-state index in [0.717, 1.165) is 0 Å². The lowest BCUT2D eigenvalue weighted by Gasteiger charge is -2.64. The molecule has 10 atom stereocenters. The maximum atomic E-state index is 14.1. The molecule has 6 rings (SSSR count). The van der Waals surface area contributed by atoms with Crippen molar-refractivity contribution in [2.24, 2.45) is 28.1 Å². The molecule has 4 aliphatic heterocycles. The van der Waals surface area contributed by atoms with Crippen molar-refractivity contribution in [1.82, 2.24) is 0 Å². The number of carbonyl (C=O) groups excluding carboxylic acids is 3. The first-order valence-corrected chi connectivity index (χ1v) is 12.0. The highest BCUT2D eigenvalue weighted by Crippen LogP contribution is 2.79. The number of esters is 2. The first-order valence-electron chi connectivity index (χ1n) is 12.0. The van der Waals surface area contributed by atoms with E-state index in [2.05, 4.69) is 0 Å². The number of Topliss-reactive ketones (excluding diaryl/α,β-unsaturated/α-hetero) is 1. The summed E-state index contributed by atoms with van der Waals surface area (Å²) in [7, 11) is 0. The predicted molar refractivity (Wildman–Crippen MR) is 114 cm³/mol. The van der Waals surface area contributed by atoms with Crippen LogP contribution in [0.2, 0.25) is 0 Å². The van der Waals surface area contributed by atoms with Crippen molar-refractivity contribution in [2.75, 3.05) is 0 Å². The Balaban J connectivity index is 1.52. The predicted octanol–water partition coefficient (Wildman–Crippen LogP) is 1.39. The molecule has 34 heavy (non-hydrogen) atoms. The molecule has 4 heterocycles. The van der Waals surface area contributed by atoms with Gasteiger partial charge in [0.25, 0.3) is 0 Å². The van der Waals surface area contributed by atoms with Crippen LogP contribution in [0.5, 0.6) is 0 Å². The zero-order chi connectivity index (χ0) is 24.9. The van der Waals surface area contributed by atoms with Crippen molar-refractivity contribution in [2.45, 2.75) is 96.3 Å². The van der Waals surface area contributed by atoms with E-state index >= 15 is 0 Å². The van der Waals surface area contributed by atoms with Gasteiger partial charge in [-0.3, -0.25) is 4.79 Å². The number of aliphatic hydroxyl groups excluding tert-OH is 1. The average Bonchev–Trinajstić information content (AvgIpc) is 3.37. The van der Waals surface area contributed by atoms with Gasteiger partial charge in [-0.25, -0.2) is 9.59 Å². The molecule has 0 bridgehead atoms. The second kappa shape index (κ2) is 5.94. The molecular weight excluding hydrogens is 444 g/mol. The zero-order valence-corrected chi connectivity index (χ0v) is 20.3. The molecular formula is C25H32O9. The highest BCUT2D eigenvalue weighted by molar-refractivity contribution is 5.96. The zero-order valence-electron chi connectivity index (χ0n) is 20.3. The number of hydrogen-bond donors (Lipinski definition) is 2. The third kappa shape index (κ3) is 2.12. The van der Waals surface area contributed by atoms with E-state index in [9.17, 15) is 24.6 Å². The van der Waals surface area contributed by atoms with Crippen molar-refractivity contribution in [3.8, 4) is 0 Å². The highest BCUT2D eigenvalue weighted by atomic mass is 16.7. The minimum absolute atomic E-state index is 0.0285. The molecule has 5 fully saturated rings. The number of carbonyl (C=O) groups is 3. The van der Waals surface area contributed by atoms with E-state index in [-0.39, 0.29) is 29.6 Å².